The molecule has 2 heteroatoms. The van der Waals surface area contributed by atoms with Gasteiger partial charge in [-0.05, 0) is 49.3 Å². The Kier molecular flexibility index (Phi) is 3.29. The molecule has 3 rings (SSSR count). The smallest absolute Gasteiger partial charge is 0.115 e. The zero-order valence-corrected chi connectivity index (χ0v) is 11.1. The minimum absolute atomic E-state index is 0.382. The van der Waals surface area contributed by atoms with E-state index in [0.29, 0.717) is 17.8 Å². The van der Waals surface area contributed by atoms with E-state index in [-0.39, 0.29) is 0 Å². The van der Waals surface area contributed by atoms with Crippen LogP contribution in [0.4, 0.5) is 0 Å². The van der Waals surface area contributed by atoms with Gasteiger partial charge in [0, 0.05) is 12.1 Å². The Morgan fingerprint density at radius 1 is 1.22 bits per heavy atom. The molecule has 2 aliphatic rings. The predicted octanol–water partition coefficient (Wildman–Crippen LogP) is 3.62. The fraction of sp³-hybridized carbons (Fsp3) is 0.625. The van der Waals surface area contributed by atoms with E-state index in [1.165, 1.54) is 37.7 Å². The molecule has 0 bridgehead atoms. The molecule has 2 N–H and O–H groups in total. The van der Waals surface area contributed by atoms with Crippen molar-refractivity contribution in [2.24, 2.45) is 11.8 Å². The van der Waals surface area contributed by atoms with Gasteiger partial charge in [0.15, 0.2) is 0 Å². The number of fused-ring (bicyclic) bond motifs is 1. The second kappa shape index (κ2) is 4.93. The van der Waals surface area contributed by atoms with Crippen LogP contribution < -0.4 is 5.32 Å². The van der Waals surface area contributed by atoms with E-state index in [1.54, 1.807) is 6.07 Å². The van der Waals surface area contributed by atoms with Crippen LogP contribution in [0.5, 0.6) is 5.75 Å². The number of phenols is 1. The number of phenolic OH excluding ortho intramolecular Hbond substituents is 1. The van der Waals surface area contributed by atoms with Crippen molar-refractivity contribution in [2.45, 2.75) is 51.1 Å². The van der Waals surface area contributed by atoms with E-state index in [4.69, 9.17) is 0 Å². The maximum atomic E-state index is 9.61. The van der Waals surface area contributed by atoms with Crippen molar-refractivity contribution in [3.05, 3.63) is 29.8 Å². The first kappa shape index (κ1) is 12.0. The molecule has 0 radical (unpaired) electrons. The van der Waals surface area contributed by atoms with Crippen molar-refractivity contribution < 1.29 is 5.11 Å². The number of rotatable bonds is 1. The van der Waals surface area contributed by atoms with Crippen LogP contribution in [0.15, 0.2) is 24.3 Å². The molecule has 1 aliphatic heterocycles. The Balaban J connectivity index is 1.78. The van der Waals surface area contributed by atoms with Gasteiger partial charge in [-0.25, -0.2) is 0 Å². The summed E-state index contributed by atoms with van der Waals surface area (Å²) in [4.78, 5) is 0. The van der Waals surface area contributed by atoms with Crippen LogP contribution in [0, 0.1) is 11.8 Å². The molecular formula is C16H23NO. The lowest BCUT2D eigenvalue weighted by molar-refractivity contribution is 0.112. The molecule has 2 nitrogen and oxygen atoms in total. The Hall–Kier alpha value is -1.02. The average Bonchev–Trinajstić information content (AvgIpc) is 2.39. The predicted molar refractivity (Wildman–Crippen MR) is 73.5 cm³/mol. The number of hydrogen-bond donors (Lipinski definition) is 2. The second-order valence-electron chi connectivity index (χ2n) is 6.05. The van der Waals surface area contributed by atoms with Crippen LogP contribution in [0.2, 0.25) is 0 Å². The Morgan fingerprint density at radius 3 is 2.89 bits per heavy atom. The number of aromatic hydroxyl groups is 1. The van der Waals surface area contributed by atoms with Crippen LogP contribution in [0.1, 0.15) is 50.6 Å². The summed E-state index contributed by atoms with van der Waals surface area (Å²) in [6.45, 7) is 2.33. The Labute approximate surface area is 109 Å². The van der Waals surface area contributed by atoms with Crippen molar-refractivity contribution in [3.63, 3.8) is 0 Å². The average molecular weight is 245 g/mol. The third kappa shape index (κ3) is 2.26. The van der Waals surface area contributed by atoms with E-state index in [2.05, 4.69) is 18.3 Å². The molecule has 0 aromatic heterocycles. The zero-order chi connectivity index (χ0) is 12.5. The highest BCUT2D eigenvalue weighted by molar-refractivity contribution is 5.30. The first-order chi connectivity index (χ1) is 8.74. The van der Waals surface area contributed by atoms with Gasteiger partial charge >= 0.3 is 0 Å². The summed E-state index contributed by atoms with van der Waals surface area (Å²) < 4.78 is 0. The van der Waals surface area contributed by atoms with Gasteiger partial charge in [-0.1, -0.05) is 31.4 Å². The topological polar surface area (TPSA) is 32.3 Å². The van der Waals surface area contributed by atoms with Gasteiger partial charge in [0.05, 0.1) is 0 Å². The normalized spacial score (nSPS) is 36.1. The van der Waals surface area contributed by atoms with E-state index in [0.717, 1.165) is 11.8 Å². The number of hydrogen-bond acceptors (Lipinski definition) is 2. The third-order valence-corrected chi connectivity index (χ3v) is 4.89. The van der Waals surface area contributed by atoms with Gasteiger partial charge in [0.25, 0.3) is 0 Å². The minimum atomic E-state index is 0.382. The SMILES string of the molecule is CC1N[C@@H](c2cccc(O)c2)CC2CCCCC21. The Morgan fingerprint density at radius 2 is 2.06 bits per heavy atom. The van der Waals surface area contributed by atoms with Crippen LogP contribution in [-0.4, -0.2) is 11.1 Å². The highest BCUT2D eigenvalue weighted by atomic mass is 16.3. The summed E-state index contributed by atoms with van der Waals surface area (Å²) in [5, 5.41) is 13.4. The molecular weight excluding hydrogens is 222 g/mol. The maximum absolute atomic E-state index is 9.61. The summed E-state index contributed by atoms with van der Waals surface area (Å²) in [7, 11) is 0. The molecule has 0 spiro atoms. The quantitative estimate of drug-likeness (QED) is 0.792. The molecule has 1 aliphatic carbocycles. The lowest BCUT2D eigenvalue weighted by Crippen LogP contribution is -2.47. The van der Waals surface area contributed by atoms with Gasteiger partial charge in [-0.2, -0.15) is 0 Å². The van der Waals surface area contributed by atoms with E-state index < -0.39 is 0 Å². The Bertz CT molecular complexity index is 417. The first-order valence-corrected chi connectivity index (χ1v) is 7.29. The van der Waals surface area contributed by atoms with Crippen molar-refractivity contribution >= 4 is 0 Å². The van der Waals surface area contributed by atoms with Crippen LogP contribution in [0.25, 0.3) is 0 Å². The summed E-state index contributed by atoms with van der Waals surface area (Å²) in [5.74, 6) is 2.13. The van der Waals surface area contributed by atoms with Crippen molar-refractivity contribution in [2.75, 3.05) is 0 Å². The fourth-order valence-corrected chi connectivity index (χ4v) is 3.97. The first-order valence-electron chi connectivity index (χ1n) is 7.29. The fourth-order valence-electron chi connectivity index (χ4n) is 3.97. The van der Waals surface area contributed by atoms with Crippen LogP contribution in [0.3, 0.4) is 0 Å². The molecule has 98 valence electrons. The highest BCUT2D eigenvalue weighted by Gasteiger charge is 2.36. The number of piperidine rings is 1. The third-order valence-electron chi connectivity index (χ3n) is 4.89. The molecule has 4 atom stereocenters. The largest absolute Gasteiger partial charge is 0.508 e. The van der Waals surface area contributed by atoms with Gasteiger partial charge in [0.1, 0.15) is 5.75 Å². The van der Waals surface area contributed by atoms with Crippen LogP contribution >= 0.6 is 0 Å². The molecule has 0 amide bonds. The second-order valence-corrected chi connectivity index (χ2v) is 6.05. The lowest BCUT2D eigenvalue weighted by Gasteiger charge is -2.44. The molecule has 1 heterocycles. The summed E-state index contributed by atoms with van der Waals surface area (Å²) in [6.07, 6.45) is 6.83. The summed E-state index contributed by atoms with van der Waals surface area (Å²) >= 11 is 0. The maximum Gasteiger partial charge on any atom is 0.115 e. The highest BCUT2D eigenvalue weighted by Crippen LogP contribution is 2.42. The van der Waals surface area contributed by atoms with Crippen molar-refractivity contribution in [3.8, 4) is 5.75 Å². The van der Waals surface area contributed by atoms with Gasteiger partial charge in [0.2, 0.25) is 0 Å². The van der Waals surface area contributed by atoms with Crippen molar-refractivity contribution in [1.82, 2.24) is 5.32 Å². The van der Waals surface area contributed by atoms with Crippen LogP contribution in [-0.2, 0) is 0 Å². The van der Waals surface area contributed by atoms with Gasteiger partial charge in [-0.3, -0.25) is 0 Å². The standard InChI is InChI=1S/C16H23NO/c1-11-15-8-3-2-5-12(15)10-16(17-11)13-6-4-7-14(18)9-13/h4,6-7,9,11-12,15-18H,2-3,5,8,10H2,1H3/t11?,12?,15?,16-/m1/s1. The summed E-state index contributed by atoms with van der Waals surface area (Å²) in [5.41, 5.74) is 1.24. The molecule has 1 aromatic carbocycles. The molecule has 1 aromatic rings. The molecule has 2 fully saturated rings. The summed E-state index contributed by atoms with van der Waals surface area (Å²) in [6, 6.07) is 8.77. The van der Waals surface area contributed by atoms with E-state index >= 15 is 0 Å². The van der Waals surface area contributed by atoms with E-state index in [9.17, 15) is 5.11 Å². The zero-order valence-electron chi connectivity index (χ0n) is 11.1. The lowest BCUT2D eigenvalue weighted by atomic mass is 9.69. The minimum Gasteiger partial charge on any atom is -0.508 e. The molecule has 18 heavy (non-hydrogen) atoms. The monoisotopic (exact) mass is 245 g/mol. The number of benzene rings is 1. The van der Waals surface area contributed by atoms with E-state index in [1.807, 2.05) is 12.1 Å². The van der Waals surface area contributed by atoms with Crippen molar-refractivity contribution in [1.29, 1.82) is 0 Å². The van der Waals surface area contributed by atoms with Gasteiger partial charge in [-0.15, -0.1) is 0 Å². The number of nitrogens with one attached hydrogen (secondary N) is 1. The van der Waals surface area contributed by atoms with Gasteiger partial charge < -0.3 is 10.4 Å². The molecule has 3 unspecified atom stereocenters. The molecule has 1 saturated heterocycles. The molecule has 1 saturated carbocycles.